The van der Waals surface area contributed by atoms with Crippen LogP contribution < -0.4 is 4.74 Å². The zero-order valence-electron chi connectivity index (χ0n) is 18.8. The third-order valence-corrected chi connectivity index (χ3v) is 5.76. The van der Waals surface area contributed by atoms with Gasteiger partial charge in [-0.3, -0.25) is 9.55 Å². The van der Waals surface area contributed by atoms with Gasteiger partial charge in [-0.05, 0) is 30.0 Å². The average Bonchev–Trinajstić information content (AvgIpc) is 3.18. The molecule has 174 valence electrons. The summed E-state index contributed by atoms with van der Waals surface area (Å²) < 4.78 is 7.94. The van der Waals surface area contributed by atoms with Crippen molar-refractivity contribution in [2.75, 3.05) is 0 Å². The maximum Gasteiger partial charge on any atom is 0.217 e. The van der Waals surface area contributed by atoms with E-state index in [1.165, 1.54) is 0 Å². The Morgan fingerprint density at radius 1 is 0.857 bits per heavy atom. The van der Waals surface area contributed by atoms with Crippen molar-refractivity contribution in [2.45, 2.75) is 6.92 Å². The molecule has 6 rings (SSSR count). The minimum Gasteiger partial charge on any atom is -0.506 e. The fourth-order valence-corrected chi connectivity index (χ4v) is 4.28. The van der Waals surface area contributed by atoms with Crippen LogP contribution in [0.5, 0.6) is 17.4 Å². The summed E-state index contributed by atoms with van der Waals surface area (Å²) in [5.41, 5.74) is 5.05. The van der Waals surface area contributed by atoms with Crippen LogP contribution in [-0.4, -0.2) is 19.6 Å². The molecule has 6 aromatic rings. The zero-order valence-corrected chi connectivity index (χ0v) is 21.0. The van der Waals surface area contributed by atoms with Gasteiger partial charge in [0.2, 0.25) is 5.88 Å². The number of nitrogens with zero attached hydrogens (tertiary/aromatic N) is 3. The van der Waals surface area contributed by atoms with Gasteiger partial charge in [-0.15, -0.1) is 17.2 Å². The van der Waals surface area contributed by atoms with Crippen LogP contribution in [0.4, 0.5) is 0 Å². The van der Waals surface area contributed by atoms with E-state index in [1.54, 1.807) is 12.3 Å². The number of phenolic OH excluding ortho intramolecular Hbond substituents is 1. The van der Waals surface area contributed by atoms with Gasteiger partial charge in [0.05, 0.1) is 11.2 Å². The summed E-state index contributed by atoms with van der Waals surface area (Å²) >= 11 is 0. The number of aromatic hydroxyl groups is 1. The average molecular weight is 638 g/mol. The molecule has 0 radical (unpaired) electrons. The van der Waals surface area contributed by atoms with E-state index in [9.17, 15) is 5.11 Å². The van der Waals surface area contributed by atoms with Gasteiger partial charge in [0.15, 0.2) is 0 Å². The third kappa shape index (κ3) is 4.20. The van der Waals surface area contributed by atoms with Crippen LogP contribution in [0.15, 0.2) is 97.2 Å². The Bertz CT molecular complexity index is 1660. The van der Waals surface area contributed by atoms with Crippen LogP contribution in [-0.2, 0) is 21.1 Å². The molecule has 0 atom stereocenters. The van der Waals surface area contributed by atoms with E-state index in [4.69, 9.17) is 9.72 Å². The van der Waals surface area contributed by atoms with Gasteiger partial charge in [0.25, 0.3) is 0 Å². The Hall–Kier alpha value is -3.95. The number of pyridine rings is 2. The number of benzene rings is 3. The predicted octanol–water partition coefficient (Wildman–Crippen LogP) is 6.84. The van der Waals surface area contributed by atoms with E-state index in [1.807, 2.05) is 84.3 Å². The van der Waals surface area contributed by atoms with Crippen molar-refractivity contribution in [3.8, 4) is 34.3 Å². The summed E-state index contributed by atoms with van der Waals surface area (Å²) in [6.45, 7) is 2.01. The van der Waals surface area contributed by atoms with Gasteiger partial charge in [-0.1, -0.05) is 67.6 Å². The van der Waals surface area contributed by atoms with E-state index in [2.05, 4.69) is 23.2 Å². The third-order valence-electron chi connectivity index (χ3n) is 5.76. The first-order valence-corrected chi connectivity index (χ1v) is 11.0. The number of ether oxygens (including phenoxy) is 1. The summed E-state index contributed by atoms with van der Waals surface area (Å²) in [5.74, 6) is 1.29. The summed E-state index contributed by atoms with van der Waals surface area (Å²) in [5, 5.41) is 12.7. The molecule has 5 nitrogen and oxygen atoms in total. The first-order valence-electron chi connectivity index (χ1n) is 11.0. The topological polar surface area (TPSA) is 60.2 Å². The molecule has 0 aliphatic rings. The minimum atomic E-state index is 0. The summed E-state index contributed by atoms with van der Waals surface area (Å²) in [6, 6.07) is 32.4. The van der Waals surface area contributed by atoms with Crippen molar-refractivity contribution in [1.29, 1.82) is 0 Å². The van der Waals surface area contributed by atoms with Gasteiger partial charge in [0, 0.05) is 49.9 Å². The molecule has 0 unspecified atom stereocenters. The molecule has 35 heavy (non-hydrogen) atoms. The molecule has 0 spiro atoms. The Morgan fingerprint density at radius 2 is 1.66 bits per heavy atom. The Labute approximate surface area is 216 Å². The number of aromatic nitrogens is 3. The first kappa shape index (κ1) is 22.8. The monoisotopic (exact) mass is 637 g/mol. The largest absolute Gasteiger partial charge is 0.506 e. The molecule has 0 bridgehead atoms. The fraction of sp³-hybridized carbons (Fsp3) is 0.0345. The molecule has 0 aliphatic carbocycles. The SMILES string of the molecule is Cc1cc(Oc2ccccn2)[c-]c(-c2ccc3c4ccccc4n(-c4ccccc4O)c3n2)c1.[Pt]. The number of aryl methyl sites for hydroxylation is 1. The van der Waals surface area contributed by atoms with E-state index >= 15 is 0 Å². The van der Waals surface area contributed by atoms with Crippen LogP contribution in [0.25, 0.3) is 38.9 Å². The number of fused-ring (bicyclic) bond motifs is 3. The standard InChI is InChI=1S/C29H20N3O2.Pt/c1-19-16-20(18-21(17-19)34-28-12-6-7-15-30-28)24-14-13-23-22-8-2-3-9-25(22)32(29(23)31-24)26-10-4-5-11-27(26)33;/h2-17,33H,1H3;/q-1;. The molecule has 0 fully saturated rings. The summed E-state index contributed by atoms with van der Waals surface area (Å²) in [6.07, 6.45) is 1.69. The van der Waals surface area contributed by atoms with Crippen molar-refractivity contribution < 1.29 is 30.9 Å². The minimum absolute atomic E-state index is 0. The molecular weight excluding hydrogens is 617 g/mol. The second kappa shape index (κ2) is 9.36. The van der Waals surface area contributed by atoms with Crippen molar-refractivity contribution in [3.05, 3.63) is 109 Å². The normalized spacial score (nSPS) is 10.9. The maximum absolute atomic E-state index is 10.6. The summed E-state index contributed by atoms with van der Waals surface area (Å²) in [4.78, 5) is 9.28. The Morgan fingerprint density at radius 3 is 2.49 bits per heavy atom. The van der Waals surface area contributed by atoms with Crippen LogP contribution in [0.3, 0.4) is 0 Å². The van der Waals surface area contributed by atoms with Crippen LogP contribution in [0, 0.1) is 13.0 Å². The molecule has 6 heteroatoms. The fourth-order valence-electron chi connectivity index (χ4n) is 4.28. The van der Waals surface area contributed by atoms with Crippen molar-refractivity contribution in [2.24, 2.45) is 0 Å². The molecule has 3 aromatic heterocycles. The smallest absolute Gasteiger partial charge is 0.217 e. The van der Waals surface area contributed by atoms with Crippen LogP contribution in [0.2, 0.25) is 0 Å². The number of hydrogen-bond donors (Lipinski definition) is 1. The van der Waals surface area contributed by atoms with Gasteiger partial charge >= 0.3 is 0 Å². The first-order chi connectivity index (χ1) is 16.7. The van der Waals surface area contributed by atoms with E-state index in [-0.39, 0.29) is 26.8 Å². The van der Waals surface area contributed by atoms with E-state index in [0.29, 0.717) is 17.3 Å². The number of rotatable bonds is 4. The van der Waals surface area contributed by atoms with Gasteiger partial charge < -0.3 is 9.84 Å². The summed E-state index contributed by atoms with van der Waals surface area (Å²) in [7, 11) is 0. The maximum atomic E-state index is 10.6. The molecule has 0 amide bonds. The number of phenols is 1. The van der Waals surface area contributed by atoms with E-state index < -0.39 is 0 Å². The van der Waals surface area contributed by atoms with Crippen molar-refractivity contribution in [1.82, 2.24) is 14.5 Å². The molecule has 0 saturated carbocycles. The number of hydrogen-bond acceptors (Lipinski definition) is 4. The molecule has 0 saturated heterocycles. The molecule has 3 aromatic carbocycles. The zero-order chi connectivity index (χ0) is 23.1. The quantitative estimate of drug-likeness (QED) is 0.215. The van der Waals surface area contributed by atoms with E-state index in [0.717, 1.165) is 38.8 Å². The van der Waals surface area contributed by atoms with Crippen LogP contribution in [0.1, 0.15) is 5.56 Å². The Kier molecular flexibility index (Phi) is 6.10. The van der Waals surface area contributed by atoms with Gasteiger partial charge in [0.1, 0.15) is 11.4 Å². The van der Waals surface area contributed by atoms with Crippen molar-refractivity contribution in [3.63, 3.8) is 0 Å². The van der Waals surface area contributed by atoms with Crippen molar-refractivity contribution >= 4 is 21.9 Å². The van der Waals surface area contributed by atoms with Gasteiger partial charge in [-0.2, -0.15) is 0 Å². The molecule has 3 heterocycles. The molecule has 0 aliphatic heterocycles. The second-order valence-electron chi connectivity index (χ2n) is 8.11. The second-order valence-corrected chi connectivity index (χ2v) is 8.11. The van der Waals surface area contributed by atoms with Crippen LogP contribution >= 0.6 is 0 Å². The molecular formula is C29H20N3O2Pt-. The Balaban J connectivity index is 0.00000253. The van der Waals surface area contributed by atoms with Gasteiger partial charge in [-0.25, -0.2) is 4.98 Å². The predicted molar refractivity (Wildman–Crippen MR) is 134 cm³/mol. The molecule has 1 N–H and O–H groups in total. The number of para-hydroxylation sites is 3.